The topological polar surface area (TPSA) is 34.1 Å². The van der Waals surface area contributed by atoms with E-state index in [9.17, 15) is 0 Å². The van der Waals surface area contributed by atoms with Crippen LogP contribution in [-0.2, 0) is 11.3 Å². The van der Waals surface area contributed by atoms with E-state index in [1.165, 1.54) is 12.8 Å². The van der Waals surface area contributed by atoms with E-state index in [0.717, 1.165) is 35.8 Å². The number of hydrogen-bond donors (Lipinski definition) is 1. The maximum Gasteiger partial charge on any atom is 0.106 e. The lowest BCUT2D eigenvalue weighted by Gasteiger charge is -2.22. The number of rotatable bonds is 4. The molecule has 4 heteroatoms. The van der Waals surface area contributed by atoms with Crippen molar-refractivity contribution in [2.45, 2.75) is 19.4 Å². The van der Waals surface area contributed by atoms with Gasteiger partial charge in [-0.15, -0.1) is 0 Å². The highest BCUT2D eigenvalue weighted by molar-refractivity contribution is 9.10. The monoisotopic (exact) mass is 284 g/mol. The smallest absolute Gasteiger partial charge is 0.106 e. The minimum absolute atomic E-state index is 0.671. The molecule has 1 aliphatic rings. The number of hydrogen-bond acceptors (Lipinski definition) is 3. The molecule has 0 bridgehead atoms. The van der Waals surface area contributed by atoms with E-state index in [4.69, 9.17) is 4.74 Å². The number of aromatic nitrogens is 1. The zero-order chi connectivity index (χ0) is 11.2. The summed E-state index contributed by atoms with van der Waals surface area (Å²) in [5.74, 6) is 0.727. The Morgan fingerprint density at radius 2 is 2.19 bits per heavy atom. The van der Waals surface area contributed by atoms with Gasteiger partial charge in [0.15, 0.2) is 0 Å². The van der Waals surface area contributed by atoms with Crippen molar-refractivity contribution in [3.05, 3.63) is 28.5 Å². The summed E-state index contributed by atoms with van der Waals surface area (Å²) in [4.78, 5) is 4.17. The van der Waals surface area contributed by atoms with Crippen molar-refractivity contribution >= 4 is 15.9 Å². The SMILES string of the molecule is Brc1ccc(COCC2CCNCC2)cn1. The van der Waals surface area contributed by atoms with Crippen LogP contribution in [0.25, 0.3) is 0 Å². The van der Waals surface area contributed by atoms with Crippen molar-refractivity contribution in [2.24, 2.45) is 5.92 Å². The molecule has 2 rings (SSSR count). The summed E-state index contributed by atoms with van der Waals surface area (Å²) in [6, 6.07) is 3.99. The van der Waals surface area contributed by atoms with Gasteiger partial charge in [0.1, 0.15) is 4.60 Å². The molecule has 1 aromatic rings. The van der Waals surface area contributed by atoms with Gasteiger partial charge < -0.3 is 10.1 Å². The molecule has 1 aliphatic heterocycles. The van der Waals surface area contributed by atoms with Crippen LogP contribution in [0.15, 0.2) is 22.9 Å². The number of piperidine rings is 1. The van der Waals surface area contributed by atoms with Crippen molar-refractivity contribution in [2.75, 3.05) is 19.7 Å². The van der Waals surface area contributed by atoms with Crippen molar-refractivity contribution in [1.82, 2.24) is 10.3 Å². The largest absolute Gasteiger partial charge is 0.376 e. The summed E-state index contributed by atoms with van der Waals surface area (Å²) in [7, 11) is 0. The molecule has 3 nitrogen and oxygen atoms in total. The van der Waals surface area contributed by atoms with E-state index in [-0.39, 0.29) is 0 Å². The fraction of sp³-hybridized carbons (Fsp3) is 0.583. The summed E-state index contributed by atoms with van der Waals surface area (Å²) in [5, 5.41) is 3.36. The van der Waals surface area contributed by atoms with E-state index < -0.39 is 0 Å². The van der Waals surface area contributed by atoms with Gasteiger partial charge in [0, 0.05) is 12.8 Å². The Kier molecular flexibility index (Phi) is 4.75. The molecule has 1 N–H and O–H groups in total. The van der Waals surface area contributed by atoms with E-state index in [1.54, 1.807) is 0 Å². The van der Waals surface area contributed by atoms with Crippen LogP contribution in [0.3, 0.4) is 0 Å². The minimum atomic E-state index is 0.671. The Balaban J connectivity index is 1.69. The Hall–Kier alpha value is -0.450. The lowest BCUT2D eigenvalue weighted by Crippen LogP contribution is -2.29. The maximum atomic E-state index is 5.72. The maximum absolute atomic E-state index is 5.72. The fourth-order valence-electron chi connectivity index (χ4n) is 1.88. The molecule has 0 unspecified atom stereocenters. The molecule has 2 heterocycles. The first-order chi connectivity index (χ1) is 7.84. The molecule has 0 atom stereocenters. The number of pyridine rings is 1. The van der Waals surface area contributed by atoms with Crippen LogP contribution in [0.2, 0.25) is 0 Å². The van der Waals surface area contributed by atoms with Crippen LogP contribution in [0, 0.1) is 5.92 Å². The minimum Gasteiger partial charge on any atom is -0.376 e. The summed E-state index contributed by atoms with van der Waals surface area (Å²) in [5.41, 5.74) is 1.14. The van der Waals surface area contributed by atoms with Crippen LogP contribution in [0.5, 0.6) is 0 Å². The second-order valence-electron chi connectivity index (χ2n) is 4.20. The molecule has 0 radical (unpaired) electrons. The van der Waals surface area contributed by atoms with Crippen LogP contribution in [0.4, 0.5) is 0 Å². The molecule has 88 valence electrons. The van der Waals surface area contributed by atoms with Gasteiger partial charge >= 0.3 is 0 Å². The molecule has 1 fully saturated rings. The number of nitrogens with one attached hydrogen (secondary N) is 1. The van der Waals surface area contributed by atoms with Gasteiger partial charge in [-0.1, -0.05) is 6.07 Å². The van der Waals surface area contributed by atoms with E-state index in [2.05, 4.69) is 26.2 Å². The lowest BCUT2D eigenvalue weighted by atomic mass is 9.99. The highest BCUT2D eigenvalue weighted by Crippen LogP contribution is 2.13. The number of ether oxygens (including phenoxy) is 1. The molecule has 0 spiro atoms. The second-order valence-corrected chi connectivity index (χ2v) is 5.01. The molecular formula is C12H17BrN2O. The Morgan fingerprint density at radius 3 is 2.88 bits per heavy atom. The van der Waals surface area contributed by atoms with Gasteiger partial charge in [-0.3, -0.25) is 0 Å². The zero-order valence-corrected chi connectivity index (χ0v) is 10.9. The van der Waals surface area contributed by atoms with E-state index >= 15 is 0 Å². The van der Waals surface area contributed by atoms with E-state index in [0.29, 0.717) is 6.61 Å². The highest BCUT2D eigenvalue weighted by Gasteiger charge is 2.12. The van der Waals surface area contributed by atoms with Crippen LogP contribution >= 0.6 is 15.9 Å². The molecule has 0 aliphatic carbocycles. The van der Waals surface area contributed by atoms with E-state index in [1.807, 2.05) is 18.3 Å². The first kappa shape index (κ1) is 12.0. The third kappa shape index (κ3) is 3.85. The Labute approximate surface area is 105 Å². The summed E-state index contributed by atoms with van der Waals surface area (Å²) >= 11 is 3.32. The Morgan fingerprint density at radius 1 is 1.38 bits per heavy atom. The molecule has 0 amide bonds. The lowest BCUT2D eigenvalue weighted by molar-refractivity contribution is 0.0762. The zero-order valence-electron chi connectivity index (χ0n) is 9.29. The van der Waals surface area contributed by atoms with Gasteiger partial charge in [0.05, 0.1) is 6.61 Å². The number of nitrogens with zero attached hydrogens (tertiary/aromatic N) is 1. The molecular weight excluding hydrogens is 268 g/mol. The Bertz CT molecular complexity index is 309. The first-order valence-corrected chi connectivity index (χ1v) is 6.53. The van der Waals surface area contributed by atoms with Gasteiger partial charge in [-0.05, 0) is 59.4 Å². The third-order valence-electron chi connectivity index (χ3n) is 2.87. The first-order valence-electron chi connectivity index (χ1n) is 5.73. The summed E-state index contributed by atoms with van der Waals surface area (Å²) < 4.78 is 6.59. The second kappa shape index (κ2) is 6.33. The van der Waals surface area contributed by atoms with Gasteiger partial charge in [0.2, 0.25) is 0 Å². The normalized spacial score (nSPS) is 17.6. The van der Waals surface area contributed by atoms with Gasteiger partial charge in [-0.25, -0.2) is 4.98 Å². The summed E-state index contributed by atoms with van der Waals surface area (Å²) in [6.07, 6.45) is 4.32. The van der Waals surface area contributed by atoms with Crippen molar-refractivity contribution < 1.29 is 4.74 Å². The molecule has 16 heavy (non-hydrogen) atoms. The standard InChI is InChI=1S/C12H17BrN2O/c13-12-2-1-11(7-15-12)9-16-8-10-3-5-14-6-4-10/h1-2,7,10,14H,3-6,8-9H2. The molecule has 1 saturated heterocycles. The van der Waals surface area contributed by atoms with Crippen molar-refractivity contribution in [3.63, 3.8) is 0 Å². The van der Waals surface area contributed by atoms with Gasteiger partial charge in [0.25, 0.3) is 0 Å². The number of halogens is 1. The average molecular weight is 285 g/mol. The molecule has 0 saturated carbocycles. The van der Waals surface area contributed by atoms with Gasteiger partial charge in [-0.2, -0.15) is 0 Å². The van der Waals surface area contributed by atoms with Crippen molar-refractivity contribution in [1.29, 1.82) is 0 Å². The van der Waals surface area contributed by atoms with Crippen molar-refractivity contribution in [3.8, 4) is 0 Å². The third-order valence-corrected chi connectivity index (χ3v) is 3.34. The molecule has 1 aromatic heterocycles. The predicted molar refractivity (Wildman–Crippen MR) is 67.2 cm³/mol. The van der Waals surface area contributed by atoms with Crippen LogP contribution in [0.1, 0.15) is 18.4 Å². The predicted octanol–water partition coefficient (Wildman–Crippen LogP) is 2.36. The van der Waals surface area contributed by atoms with Crippen LogP contribution < -0.4 is 5.32 Å². The fourth-order valence-corrected chi connectivity index (χ4v) is 2.12. The quantitative estimate of drug-likeness (QED) is 0.862. The average Bonchev–Trinajstić information content (AvgIpc) is 2.33. The summed E-state index contributed by atoms with van der Waals surface area (Å²) in [6.45, 7) is 3.81. The highest BCUT2D eigenvalue weighted by atomic mass is 79.9. The molecule has 0 aromatic carbocycles. The van der Waals surface area contributed by atoms with Crippen LogP contribution in [-0.4, -0.2) is 24.7 Å².